The van der Waals surface area contributed by atoms with Gasteiger partial charge in [0.05, 0.1) is 0 Å². The quantitative estimate of drug-likeness (QED) is 0.0262. The highest BCUT2D eigenvalue weighted by Gasteiger charge is 2.19. The Bertz CT molecular complexity index is 1440. The Balaban J connectivity index is 4.51. The molecule has 0 aromatic heterocycles. The maximum atomic E-state index is 12.8. The Morgan fingerprint density at radius 3 is 0.910 bits per heavy atom. The predicted octanol–water partition coefficient (Wildman–Crippen LogP) is 18.1. The number of carbonyl (C=O) groups excluding carboxylic acids is 3. The van der Waals surface area contributed by atoms with Crippen molar-refractivity contribution in [3.63, 3.8) is 0 Å². The third-order valence-corrected chi connectivity index (χ3v) is 11.0. The SMILES string of the molecule is CC/C=C\C/C=C\C/C=C\C/C=C\C/C=C\CCCCCC(=O)OC[C@@H](COC(=O)CCCCCCCCCCCCC)OC(=O)CCCCC/C=C\C/C=C\C/C=C\C/C=C\C/C=C\CC. The van der Waals surface area contributed by atoms with Gasteiger partial charge in [-0.05, 0) is 109 Å². The highest BCUT2D eigenvalue weighted by atomic mass is 16.6. The first kappa shape index (κ1) is 62.8. The summed E-state index contributed by atoms with van der Waals surface area (Å²) in [5, 5.41) is 0. The van der Waals surface area contributed by atoms with Gasteiger partial charge in [-0.3, -0.25) is 14.4 Å². The van der Waals surface area contributed by atoms with Crippen LogP contribution in [0.25, 0.3) is 0 Å². The minimum absolute atomic E-state index is 0.104. The number of esters is 3. The molecule has 0 aromatic rings. The molecule has 0 aliphatic heterocycles. The molecule has 0 N–H and O–H groups in total. The lowest BCUT2D eigenvalue weighted by Crippen LogP contribution is -2.30. The zero-order valence-corrected chi connectivity index (χ0v) is 43.1. The highest BCUT2D eigenvalue weighted by molar-refractivity contribution is 5.71. The third-order valence-electron chi connectivity index (χ3n) is 11.0. The number of hydrogen-bond donors (Lipinski definition) is 0. The summed E-state index contributed by atoms with van der Waals surface area (Å²) in [5.74, 6) is -0.975. The number of allylic oxidation sites excluding steroid dienone is 20. The Morgan fingerprint density at radius 1 is 0.313 bits per heavy atom. The van der Waals surface area contributed by atoms with Crippen LogP contribution in [0.2, 0.25) is 0 Å². The molecule has 0 saturated carbocycles. The summed E-state index contributed by atoms with van der Waals surface area (Å²) in [6.07, 6.45) is 74.7. The van der Waals surface area contributed by atoms with Crippen molar-refractivity contribution in [3.8, 4) is 0 Å². The van der Waals surface area contributed by atoms with Gasteiger partial charge in [-0.15, -0.1) is 0 Å². The minimum atomic E-state index is -0.811. The maximum Gasteiger partial charge on any atom is 0.306 e. The van der Waals surface area contributed by atoms with Crippen LogP contribution in [0.1, 0.15) is 226 Å². The molecule has 0 rings (SSSR count). The lowest BCUT2D eigenvalue weighted by atomic mass is 10.1. The Morgan fingerprint density at radius 2 is 0.582 bits per heavy atom. The number of carbonyl (C=O) groups is 3. The molecule has 6 nitrogen and oxygen atoms in total. The summed E-state index contributed by atoms with van der Waals surface area (Å²) in [5.41, 5.74) is 0. The zero-order valence-electron chi connectivity index (χ0n) is 43.1. The lowest BCUT2D eigenvalue weighted by Gasteiger charge is -2.18. The van der Waals surface area contributed by atoms with E-state index in [2.05, 4.69) is 142 Å². The van der Waals surface area contributed by atoms with Crippen molar-refractivity contribution in [1.82, 2.24) is 0 Å². The predicted molar refractivity (Wildman–Crippen MR) is 288 cm³/mol. The molecule has 378 valence electrons. The monoisotopic (exact) mass is 927 g/mol. The molecule has 0 aliphatic carbocycles. The van der Waals surface area contributed by atoms with Gasteiger partial charge in [-0.2, -0.15) is 0 Å². The normalized spacial score (nSPS) is 13.1. The molecule has 0 bridgehead atoms. The number of rotatable bonds is 47. The largest absolute Gasteiger partial charge is 0.462 e. The van der Waals surface area contributed by atoms with Gasteiger partial charge in [0.2, 0.25) is 0 Å². The third kappa shape index (κ3) is 52.6. The highest BCUT2D eigenvalue weighted by Crippen LogP contribution is 2.14. The molecule has 0 fully saturated rings. The fourth-order valence-corrected chi connectivity index (χ4v) is 6.96. The Hall–Kier alpha value is -4.19. The van der Waals surface area contributed by atoms with E-state index < -0.39 is 6.10 Å². The van der Waals surface area contributed by atoms with Crippen molar-refractivity contribution in [2.75, 3.05) is 13.2 Å². The van der Waals surface area contributed by atoms with E-state index in [1.807, 2.05) is 0 Å². The zero-order chi connectivity index (χ0) is 48.6. The van der Waals surface area contributed by atoms with Crippen LogP contribution in [0.15, 0.2) is 122 Å². The van der Waals surface area contributed by atoms with Gasteiger partial charge in [0.25, 0.3) is 0 Å². The average molecular weight is 927 g/mol. The van der Waals surface area contributed by atoms with E-state index in [0.29, 0.717) is 19.3 Å². The van der Waals surface area contributed by atoms with E-state index in [1.165, 1.54) is 51.4 Å². The van der Waals surface area contributed by atoms with Gasteiger partial charge in [0.15, 0.2) is 6.10 Å². The second-order valence-electron chi connectivity index (χ2n) is 17.4. The summed E-state index contributed by atoms with van der Waals surface area (Å²) < 4.78 is 16.8. The first-order chi connectivity index (χ1) is 33.0. The first-order valence-electron chi connectivity index (χ1n) is 27.0. The second kappa shape index (κ2) is 54.4. The maximum absolute atomic E-state index is 12.8. The van der Waals surface area contributed by atoms with Crippen molar-refractivity contribution in [3.05, 3.63) is 122 Å². The summed E-state index contributed by atoms with van der Waals surface area (Å²) in [6.45, 7) is 6.34. The van der Waals surface area contributed by atoms with E-state index in [1.54, 1.807) is 0 Å². The van der Waals surface area contributed by atoms with Gasteiger partial charge in [0, 0.05) is 19.3 Å². The van der Waals surface area contributed by atoms with E-state index >= 15 is 0 Å². The van der Waals surface area contributed by atoms with Crippen molar-refractivity contribution in [2.45, 2.75) is 232 Å². The van der Waals surface area contributed by atoms with E-state index in [-0.39, 0.29) is 37.5 Å². The van der Waals surface area contributed by atoms with Crippen LogP contribution < -0.4 is 0 Å². The molecule has 0 spiro atoms. The van der Waals surface area contributed by atoms with Crippen LogP contribution in [-0.2, 0) is 28.6 Å². The standard InChI is InChI=1S/C61H98O6/c1-4-7-10-13-16-19-22-24-26-28-30-32-34-36-39-42-45-48-51-54-60(63)66-57-58(56-65-59(62)53-50-47-44-41-38-21-18-15-12-9-6-3)67-61(64)55-52-49-46-43-40-37-35-33-31-29-27-25-23-20-17-14-11-8-5-2/h7-8,10-11,16-17,19-20,24-27,30-33,36-37,39-40,58H,4-6,9,12-15,18,21-23,28-29,34-35,38,41-57H2,1-3H3/b10-7-,11-8-,19-16-,20-17-,26-24-,27-25-,32-30-,33-31-,39-36-,40-37-/t58-/m1/s1. The average Bonchev–Trinajstić information content (AvgIpc) is 3.33. The van der Waals surface area contributed by atoms with Crippen molar-refractivity contribution in [1.29, 1.82) is 0 Å². The van der Waals surface area contributed by atoms with Crippen LogP contribution in [0, 0.1) is 0 Å². The van der Waals surface area contributed by atoms with Crippen LogP contribution in [-0.4, -0.2) is 37.2 Å². The van der Waals surface area contributed by atoms with Crippen LogP contribution in [0.4, 0.5) is 0 Å². The van der Waals surface area contributed by atoms with E-state index in [0.717, 1.165) is 128 Å². The van der Waals surface area contributed by atoms with Gasteiger partial charge >= 0.3 is 17.9 Å². The number of ether oxygens (including phenoxy) is 3. The molecule has 67 heavy (non-hydrogen) atoms. The Kier molecular flexibility index (Phi) is 51.0. The molecule has 0 aliphatic rings. The summed E-state index contributed by atoms with van der Waals surface area (Å²) in [4.78, 5) is 38.0. The molecule has 0 radical (unpaired) electrons. The van der Waals surface area contributed by atoms with Gasteiger partial charge in [0.1, 0.15) is 13.2 Å². The molecule has 1 atom stereocenters. The summed E-state index contributed by atoms with van der Waals surface area (Å²) >= 11 is 0. The topological polar surface area (TPSA) is 78.9 Å². The van der Waals surface area contributed by atoms with Crippen LogP contribution in [0.3, 0.4) is 0 Å². The molecule has 0 amide bonds. The molecule has 0 heterocycles. The summed E-state index contributed by atoms with van der Waals surface area (Å²) in [7, 11) is 0. The second-order valence-corrected chi connectivity index (χ2v) is 17.4. The van der Waals surface area contributed by atoms with Crippen molar-refractivity contribution < 1.29 is 28.6 Å². The van der Waals surface area contributed by atoms with Crippen LogP contribution >= 0.6 is 0 Å². The fourth-order valence-electron chi connectivity index (χ4n) is 6.96. The molecular formula is C61H98O6. The number of hydrogen-bond acceptors (Lipinski definition) is 6. The lowest BCUT2D eigenvalue weighted by molar-refractivity contribution is -0.167. The molecule has 6 heteroatoms. The first-order valence-corrected chi connectivity index (χ1v) is 27.0. The van der Waals surface area contributed by atoms with Gasteiger partial charge in [-0.1, -0.05) is 219 Å². The van der Waals surface area contributed by atoms with Crippen LogP contribution in [0.5, 0.6) is 0 Å². The molecule has 0 saturated heterocycles. The molecular weight excluding hydrogens is 829 g/mol. The van der Waals surface area contributed by atoms with Crippen molar-refractivity contribution in [2.24, 2.45) is 0 Å². The Labute approximate surface area is 412 Å². The fraction of sp³-hybridized carbons (Fsp3) is 0.623. The smallest absolute Gasteiger partial charge is 0.306 e. The van der Waals surface area contributed by atoms with E-state index in [9.17, 15) is 14.4 Å². The minimum Gasteiger partial charge on any atom is -0.462 e. The van der Waals surface area contributed by atoms with Gasteiger partial charge in [-0.25, -0.2) is 0 Å². The summed E-state index contributed by atoms with van der Waals surface area (Å²) in [6, 6.07) is 0. The van der Waals surface area contributed by atoms with Gasteiger partial charge < -0.3 is 14.2 Å². The molecule has 0 aromatic carbocycles. The van der Waals surface area contributed by atoms with E-state index in [4.69, 9.17) is 14.2 Å². The molecule has 0 unspecified atom stereocenters. The number of unbranched alkanes of at least 4 members (excludes halogenated alkanes) is 16. The van der Waals surface area contributed by atoms with Crippen molar-refractivity contribution >= 4 is 17.9 Å².